The van der Waals surface area contributed by atoms with Gasteiger partial charge in [0.05, 0.1) is 28.1 Å². The van der Waals surface area contributed by atoms with Gasteiger partial charge in [-0.05, 0) is 67.9 Å². The summed E-state index contributed by atoms with van der Waals surface area (Å²) in [6.07, 6.45) is -7.53. The average molecular weight is 620 g/mol. The molecule has 2 aromatic carbocycles. The molecule has 0 amide bonds. The van der Waals surface area contributed by atoms with E-state index in [1.165, 1.54) is 0 Å². The highest BCUT2D eigenvalue weighted by atomic mass is 32.2. The molecule has 0 aliphatic heterocycles. The number of ether oxygens (including phenoxy) is 1. The lowest BCUT2D eigenvalue weighted by atomic mass is 9.82. The van der Waals surface area contributed by atoms with Gasteiger partial charge in [0, 0.05) is 32.1 Å². The van der Waals surface area contributed by atoms with Crippen LogP contribution in [0, 0.1) is 11.8 Å². The van der Waals surface area contributed by atoms with Crippen LogP contribution in [0.3, 0.4) is 0 Å². The Morgan fingerprint density at radius 2 is 1.45 bits per heavy atom. The molecular formula is C27H31F6N5O3S. The molecule has 15 heteroatoms. The van der Waals surface area contributed by atoms with Crippen LogP contribution in [0.4, 0.5) is 38.1 Å². The molecule has 230 valence electrons. The van der Waals surface area contributed by atoms with Crippen molar-refractivity contribution in [2.75, 3.05) is 44.0 Å². The maximum Gasteiger partial charge on any atom is 0.416 e. The van der Waals surface area contributed by atoms with Crippen molar-refractivity contribution in [1.82, 2.24) is 14.7 Å². The Morgan fingerprint density at radius 3 is 2.05 bits per heavy atom. The molecule has 0 unspecified atom stereocenters. The molecular weight excluding hydrogens is 588 g/mol. The van der Waals surface area contributed by atoms with Crippen LogP contribution in [-0.4, -0.2) is 51.7 Å². The second-order valence-corrected chi connectivity index (χ2v) is 12.0. The number of hydrogen-bond acceptors (Lipinski definition) is 7. The molecule has 0 bridgehead atoms. The third-order valence-corrected chi connectivity index (χ3v) is 8.55. The number of sulfonamides is 1. The van der Waals surface area contributed by atoms with Crippen molar-refractivity contribution in [1.29, 1.82) is 0 Å². The van der Waals surface area contributed by atoms with E-state index in [0.717, 1.165) is 23.7 Å². The van der Waals surface area contributed by atoms with Gasteiger partial charge in [-0.2, -0.15) is 31.3 Å². The lowest BCUT2D eigenvalue weighted by molar-refractivity contribution is -0.143. The zero-order chi connectivity index (χ0) is 30.5. The summed E-state index contributed by atoms with van der Waals surface area (Å²) in [5.41, 5.74) is -2.59. The smallest absolute Gasteiger partial charge is 0.383 e. The molecule has 1 heterocycles. The summed E-state index contributed by atoms with van der Waals surface area (Å²) in [4.78, 5) is 8.10. The molecule has 1 fully saturated rings. The van der Waals surface area contributed by atoms with Crippen LogP contribution in [0.2, 0.25) is 0 Å². The van der Waals surface area contributed by atoms with Crippen LogP contribution >= 0.6 is 0 Å². The van der Waals surface area contributed by atoms with Gasteiger partial charge in [0.15, 0.2) is 0 Å². The summed E-state index contributed by atoms with van der Waals surface area (Å²) in [7, 11) is -3.00. The predicted molar refractivity (Wildman–Crippen MR) is 145 cm³/mol. The fourth-order valence-corrected chi connectivity index (χ4v) is 6.02. The highest BCUT2D eigenvalue weighted by molar-refractivity contribution is 7.89. The molecule has 1 aliphatic rings. The SMILES string of the molecule is COCCNc1nc(NC[C@H]2CC[C@H](CNS(=O)(=O)c3cc(C(F)(F)F)cc(C(F)(F)F)c3)CC2)nc2ccccc12. The highest BCUT2D eigenvalue weighted by Gasteiger charge is 2.38. The molecule has 1 aliphatic carbocycles. The number of halogens is 6. The minimum atomic E-state index is -5.14. The Balaban J connectivity index is 1.33. The number of methoxy groups -OCH3 is 1. The van der Waals surface area contributed by atoms with Gasteiger partial charge >= 0.3 is 12.4 Å². The van der Waals surface area contributed by atoms with Gasteiger partial charge in [-0.1, -0.05) is 12.1 Å². The third-order valence-electron chi connectivity index (χ3n) is 7.15. The molecule has 4 rings (SSSR count). The van der Waals surface area contributed by atoms with Crippen LogP contribution in [0.25, 0.3) is 10.9 Å². The van der Waals surface area contributed by atoms with Gasteiger partial charge < -0.3 is 15.4 Å². The number of aromatic nitrogens is 2. The van der Waals surface area contributed by atoms with Gasteiger partial charge in [-0.25, -0.2) is 18.1 Å². The fraction of sp³-hybridized carbons (Fsp3) is 0.481. The Kier molecular flexibility index (Phi) is 9.83. The predicted octanol–water partition coefficient (Wildman–Crippen LogP) is 5.92. The Bertz CT molecular complexity index is 1440. The first kappa shape index (κ1) is 31.8. The Labute approximate surface area is 239 Å². The van der Waals surface area contributed by atoms with E-state index in [2.05, 4.69) is 25.3 Å². The number of para-hydroxylation sites is 1. The number of rotatable bonds is 11. The molecule has 1 saturated carbocycles. The first-order valence-electron chi connectivity index (χ1n) is 13.3. The number of benzene rings is 2. The second kappa shape index (κ2) is 13.0. The third kappa shape index (κ3) is 8.22. The topological polar surface area (TPSA) is 105 Å². The van der Waals surface area contributed by atoms with E-state index in [-0.39, 0.29) is 36.6 Å². The molecule has 1 aromatic heterocycles. The monoisotopic (exact) mass is 619 g/mol. The van der Waals surface area contributed by atoms with E-state index >= 15 is 0 Å². The number of nitrogens with zero attached hydrogens (tertiary/aromatic N) is 2. The van der Waals surface area contributed by atoms with Crippen LogP contribution in [0.15, 0.2) is 47.4 Å². The van der Waals surface area contributed by atoms with Crippen molar-refractivity contribution in [3.8, 4) is 0 Å². The summed E-state index contributed by atoms with van der Waals surface area (Å²) < 4.78 is 112. The fourth-order valence-electron chi connectivity index (χ4n) is 4.83. The normalized spacial score (nSPS) is 18.3. The molecule has 0 saturated heterocycles. The van der Waals surface area contributed by atoms with E-state index in [9.17, 15) is 34.8 Å². The van der Waals surface area contributed by atoms with E-state index in [4.69, 9.17) is 4.74 Å². The first-order valence-corrected chi connectivity index (χ1v) is 14.8. The van der Waals surface area contributed by atoms with E-state index < -0.39 is 38.4 Å². The summed E-state index contributed by atoms with van der Waals surface area (Å²) in [6, 6.07) is 7.93. The van der Waals surface area contributed by atoms with Crippen molar-refractivity contribution < 1.29 is 39.5 Å². The number of anilines is 2. The number of nitrogens with one attached hydrogen (secondary N) is 3. The summed E-state index contributed by atoms with van der Waals surface area (Å²) in [5.74, 6) is 1.27. The van der Waals surface area contributed by atoms with Gasteiger partial charge in [0.25, 0.3) is 0 Å². The standard InChI is InChI=1S/C27H31F6N5O3S/c1-41-11-10-34-24-22-4-2-3-5-23(22)37-25(38-24)35-15-17-6-8-18(9-7-17)16-36-42(39,40)21-13-19(26(28,29)30)12-20(14-21)27(31,32)33/h2-5,12-14,17-18,36H,6-11,15-16H2,1H3,(H2,34,35,37,38)/t17-,18-. The van der Waals surface area contributed by atoms with Crippen molar-refractivity contribution in [3.05, 3.63) is 53.6 Å². The molecule has 0 spiro atoms. The van der Waals surface area contributed by atoms with Gasteiger partial charge in [-0.15, -0.1) is 0 Å². The van der Waals surface area contributed by atoms with Crippen molar-refractivity contribution in [2.24, 2.45) is 11.8 Å². The first-order chi connectivity index (χ1) is 19.8. The Hall–Kier alpha value is -3.17. The molecule has 3 N–H and O–H groups in total. The summed E-state index contributed by atoms with van der Waals surface area (Å²) >= 11 is 0. The summed E-state index contributed by atoms with van der Waals surface area (Å²) in [6.45, 7) is 1.57. The lowest BCUT2D eigenvalue weighted by Crippen LogP contribution is -2.32. The van der Waals surface area contributed by atoms with Crippen LogP contribution in [0.1, 0.15) is 36.8 Å². The number of alkyl halides is 6. The van der Waals surface area contributed by atoms with Crippen molar-refractivity contribution in [3.63, 3.8) is 0 Å². The van der Waals surface area contributed by atoms with Gasteiger partial charge in [0.1, 0.15) is 5.82 Å². The van der Waals surface area contributed by atoms with E-state index in [0.29, 0.717) is 44.3 Å². The highest BCUT2D eigenvalue weighted by Crippen LogP contribution is 2.37. The molecule has 0 atom stereocenters. The Morgan fingerprint density at radius 1 is 0.857 bits per heavy atom. The van der Waals surface area contributed by atoms with E-state index in [1.54, 1.807) is 7.11 Å². The zero-order valence-electron chi connectivity index (χ0n) is 22.6. The maximum atomic E-state index is 13.2. The van der Waals surface area contributed by atoms with Gasteiger partial charge in [-0.3, -0.25) is 0 Å². The van der Waals surface area contributed by atoms with Crippen molar-refractivity contribution >= 4 is 32.7 Å². The second-order valence-electron chi connectivity index (χ2n) is 10.2. The maximum absolute atomic E-state index is 13.2. The zero-order valence-corrected chi connectivity index (χ0v) is 23.5. The lowest BCUT2D eigenvalue weighted by Gasteiger charge is -2.28. The summed E-state index contributed by atoms with van der Waals surface area (Å²) in [5, 5.41) is 7.40. The van der Waals surface area contributed by atoms with Crippen molar-refractivity contribution in [2.45, 2.75) is 42.9 Å². The average Bonchev–Trinajstić information content (AvgIpc) is 2.94. The minimum Gasteiger partial charge on any atom is -0.383 e. The van der Waals surface area contributed by atoms with E-state index in [1.807, 2.05) is 24.3 Å². The molecule has 0 radical (unpaired) electrons. The minimum absolute atomic E-state index is 0.0929. The van der Waals surface area contributed by atoms with Crippen LogP contribution in [0.5, 0.6) is 0 Å². The number of hydrogen-bond donors (Lipinski definition) is 3. The van der Waals surface area contributed by atoms with Gasteiger partial charge in [0.2, 0.25) is 16.0 Å². The van der Waals surface area contributed by atoms with Crippen LogP contribution < -0.4 is 15.4 Å². The van der Waals surface area contributed by atoms with Crippen LogP contribution in [-0.2, 0) is 27.1 Å². The quantitative estimate of drug-likeness (QED) is 0.181. The number of fused-ring (bicyclic) bond motifs is 1. The molecule has 8 nitrogen and oxygen atoms in total. The largest absolute Gasteiger partial charge is 0.416 e. The molecule has 42 heavy (non-hydrogen) atoms. The molecule has 3 aromatic rings.